The highest BCUT2D eigenvalue weighted by atomic mass is 16.6. The molecule has 1 fully saturated rings. The first-order valence-corrected chi connectivity index (χ1v) is 8.72. The van der Waals surface area contributed by atoms with Crippen LogP contribution in [0.4, 0.5) is 0 Å². The Hall–Kier alpha value is -1.28. The molecule has 22 heavy (non-hydrogen) atoms. The first-order valence-electron chi connectivity index (χ1n) is 8.72. The number of hydrogen-bond acceptors (Lipinski definition) is 2. The van der Waals surface area contributed by atoms with Crippen LogP contribution in [0.5, 0.6) is 5.75 Å². The Labute approximate surface area is 135 Å². The van der Waals surface area contributed by atoms with E-state index in [0.29, 0.717) is 6.61 Å². The van der Waals surface area contributed by atoms with Crippen LogP contribution in [0.25, 0.3) is 0 Å². The van der Waals surface area contributed by atoms with Gasteiger partial charge in [-0.1, -0.05) is 44.1 Å². The second-order valence-corrected chi connectivity index (χ2v) is 6.51. The standard InChI is InChI=1S/C20H30O2/c1-3-4-5-6-7-8-9-10-12-18-13-11-14-19(15-18)21-16-20(2)17-22-20/h4-5,11,13-15H,3,6-10,12,16-17H2,1-2H3/b5-4+. The predicted molar refractivity (Wildman–Crippen MR) is 92.5 cm³/mol. The SMILES string of the molecule is CC/C=C/CCCCCCc1cccc(OCC2(C)CO2)c1. The minimum atomic E-state index is -0.0395. The van der Waals surface area contributed by atoms with Gasteiger partial charge in [-0.15, -0.1) is 0 Å². The Kier molecular flexibility index (Phi) is 6.98. The van der Waals surface area contributed by atoms with Gasteiger partial charge in [0, 0.05) is 0 Å². The molecule has 0 aliphatic carbocycles. The molecule has 0 N–H and O–H groups in total. The molecule has 1 aliphatic rings. The number of ether oxygens (including phenoxy) is 2. The van der Waals surface area contributed by atoms with Crippen LogP contribution in [0.3, 0.4) is 0 Å². The zero-order valence-corrected chi connectivity index (χ0v) is 14.1. The Morgan fingerprint density at radius 1 is 1.18 bits per heavy atom. The number of rotatable bonds is 11. The van der Waals surface area contributed by atoms with Crippen molar-refractivity contribution in [2.75, 3.05) is 13.2 Å². The summed E-state index contributed by atoms with van der Waals surface area (Å²) in [5.74, 6) is 0.971. The number of allylic oxidation sites excluding steroid dienone is 2. The second-order valence-electron chi connectivity index (χ2n) is 6.51. The Balaban J connectivity index is 1.60. The van der Waals surface area contributed by atoms with E-state index in [1.54, 1.807) is 0 Å². The summed E-state index contributed by atoms with van der Waals surface area (Å²) in [5, 5.41) is 0. The number of aryl methyl sites for hydroxylation is 1. The smallest absolute Gasteiger partial charge is 0.123 e. The summed E-state index contributed by atoms with van der Waals surface area (Å²) in [6.45, 7) is 5.75. The lowest BCUT2D eigenvalue weighted by molar-refractivity contribution is 0.202. The maximum atomic E-state index is 5.82. The van der Waals surface area contributed by atoms with E-state index in [9.17, 15) is 0 Å². The van der Waals surface area contributed by atoms with Crippen molar-refractivity contribution in [3.05, 3.63) is 42.0 Å². The van der Waals surface area contributed by atoms with E-state index in [1.807, 2.05) is 6.07 Å². The van der Waals surface area contributed by atoms with Gasteiger partial charge in [-0.2, -0.15) is 0 Å². The summed E-state index contributed by atoms with van der Waals surface area (Å²) in [6.07, 6.45) is 13.3. The van der Waals surface area contributed by atoms with Crippen molar-refractivity contribution < 1.29 is 9.47 Å². The zero-order chi connectivity index (χ0) is 15.7. The van der Waals surface area contributed by atoms with Gasteiger partial charge >= 0.3 is 0 Å². The molecule has 2 heteroatoms. The molecular formula is C20H30O2. The van der Waals surface area contributed by atoms with Crippen molar-refractivity contribution in [2.24, 2.45) is 0 Å². The molecule has 1 atom stereocenters. The van der Waals surface area contributed by atoms with Crippen LogP contribution in [0.2, 0.25) is 0 Å². The predicted octanol–water partition coefficient (Wildman–Crippen LogP) is 5.31. The van der Waals surface area contributed by atoms with Gasteiger partial charge in [-0.05, 0) is 56.7 Å². The summed E-state index contributed by atoms with van der Waals surface area (Å²) in [4.78, 5) is 0. The van der Waals surface area contributed by atoms with Crippen LogP contribution < -0.4 is 4.74 Å². The lowest BCUT2D eigenvalue weighted by Gasteiger charge is -2.10. The molecule has 1 aromatic rings. The average Bonchev–Trinajstić information content (AvgIpc) is 3.27. The summed E-state index contributed by atoms with van der Waals surface area (Å²) in [5.41, 5.74) is 1.34. The highest BCUT2D eigenvalue weighted by Crippen LogP contribution is 2.27. The molecule has 1 unspecified atom stereocenters. The summed E-state index contributed by atoms with van der Waals surface area (Å²) in [6, 6.07) is 8.51. The first kappa shape index (κ1) is 17.1. The lowest BCUT2D eigenvalue weighted by Crippen LogP contribution is -2.16. The van der Waals surface area contributed by atoms with Gasteiger partial charge in [-0.25, -0.2) is 0 Å². The van der Waals surface area contributed by atoms with Crippen LogP contribution in [0, 0.1) is 0 Å². The topological polar surface area (TPSA) is 21.8 Å². The summed E-state index contributed by atoms with van der Waals surface area (Å²) in [7, 11) is 0. The average molecular weight is 302 g/mol. The Morgan fingerprint density at radius 3 is 2.77 bits per heavy atom. The molecule has 1 aromatic carbocycles. The highest BCUT2D eigenvalue weighted by molar-refractivity contribution is 5.28. The monoisotopic (exact) mass is 302 g/mol. The normalized spacial score (nSPS) is 20.5. The van der Waals surface area contributed by atoms with E-state index < -0.39 is 0 Å². The van der Waals surface area contributed by atoms with E-state index in [-0.39, 0.29) is 5.60 Å². The van der Waals surface area contributed by atoms with E-state index in [4.69, 9.17) is 9.47 Å². The molecule has 0 aromatic heterocycles. The highest BCUT2D eigenvalue weighted by Gasteiger charge is 2.40. The maximum absolute atomic E-state index is 5.82. The molecule has 0 bridgehead atoms. The minimum absolute atomic E-state index is 0.0395. The van der Waals surface area contributed by atoms with Crippen molar-refractivity contribution in [1.29, 1.82) is 0 Å². The quantitative estimate of drug-likeness (QED) is 0.314. The van der Waals surface area contributed by atoms with Gasteiger partial charge < -0.3 is 9.47 Å². The molecule has 1 aliphatic heterocycles. The third-order valence-electron chi connectivity index (χ3n) is 4.07. The molecule has 0 saturated carbocycles. The summed E-state index contributed by atoms with van der Waals surface area (Å²) < 4.78 is 11.2. The third-order valence-corrected chi connectivity index (χ3v) is 4.07. The minimum Gasteiger partial charge on any atom is -0.490 e. The molecule has 1 heterocycles. The van der Waals surface area contributed by atoms with Crippen molar-refractivity contribution in [3.63, 3.8) is 0 Å². The molecule has 0 spiro atoms. The van der Waals surface area contributed by atoms with E-state index >= 15 is 0 Å². The molecule has 122 valence electrons. The maximum Gasteiger partial charge on any atom is 0.123 e. The van der Waals surface area contributed by atoms with Crippen LogP contribution in [0.1, 0.15) is 57.9 Å². The van der Waals surface area contributed by atoms with Crippen LogP contribution in [-0.4, -0.2) is 18.8 Å². The molecule has 2 nitrogen and oxygen atoms in total. The summed E-state index contributed by atoms with van der Waals surface area (Å²) >= 11 is 0. The van der Waals surface area contributed by atoms with E-state index in [2.05, 4.69) is 44.2 Å². The fraction of sp³-hybridized carbons (Fsp3) is 0.600. The lowest BCUT2D eigenvalue weighted by atomic mass is 10.1. The van der Waals surface area contributed by atoms with Gasteiger partial charge in [0.2, 0.25) is 0 Å². The fourth-order valence-electron chi connectivity index (χ4n) is 2.46. The van der Waals surface area contributed by atoms with E-state index in [1.165, 1.54) is 37.7 Å². The molecule has 2 rings (SSSR count). The van der Waals surface area contributed by atoms with Crippen molar-refractivity contribution in [2.45, 2.75) is 64.4 Å². The van der Waals surface area contributed by atoms with Crippen LogP contribution in [-0.2, 0) is 11.2 Å². The van der Waals surface area contributed by atoms with Crippen LogP contribution in [0.15, 0.2) is 36.4 Å². The number of unbranched alkanes of at least 4 members (excludes halogenated alkanes) is 4. The zero-order valence-electron chi connectivity index (χ0n) is 14.1. The van der Waals surface area contributed by atoms with Gasteiger partial charge in [0.25, 0.3) is 0 Å². The Bertz CT molecular complexity index is 461. The first-order chi connectivity index (χ1) is 10.7. The number of hydrogen-bond donors (Lipinski definition) is 0. The Morgan fingerprint density at radius 2 is 2.00 bits per heavy atom. The number of epoxide rings is 1. The van der Waals surface area contributed by atoms with E-state index in [0.717, 1.165) is 25.2 Å². The number of benzene rings is 1. The molecule has 1 saturated heterocycles. The van der Waals surface area contributed by atoms with Gasteiger partial charge in [-0.3, -0.25) is 0 Å². The van der Waals surface area contributed by atoms with Gasteiger partial charge in [0.05, 0.1) is 6.61 Å². The van der Waals surface area contributed by atoms with Crippen molar-refractivity contribution >= 4 is 0 Å². The molecule has 0 amide bonds. The molecular weight excluding hydrogens is 272 g/mol. The fourth-order valence-corrected chi connectivity index (χ4v) is 2.46. The molecule has 0 radical (unpaired) electrons. The largest absolute Gasteiger partial charge is 0.490 e. The van der Waals surface area contributed by atoms with Crippen LogP contribution >= 0.6 is 0 Å². The third kappa shape index (κ3) is 6.65. The second kappa shape index (κ2) is 8.99. The van der Waals surface area contributed by atoms with Gasteiger partial charge in [0.1, 0.15) is 18.0 Å². The van der Waals surface area contributed by atoms with Crippen molar-refractivity contribution in [3.8, 4) is 5.75 Å². The van der Waals surface area contributed by atoms with Gasteiger partial charge in [0.15, 0.2) is 0 Å². The van der Waals surface area contributed by atoms with Crippen molar-refractivity contribution in [1.82, 2.24) is 0 Å².